The van der Waals surface area contributed by atoms with Crippen LogP contribution in [0, 0.1) is 0 Å². The van der Waals surface area contributed by atoms with E-state index in [0.717, 1.165) is 44.2 Å². The summed E-state index contributed by atoms with van der Waals surface area (Å²) in [6.07, 6.45) is 11.2. The number of benzene rings is 1. The van der Waals surface area contributed by atoms with Crippen molar-refractivity contribution in [1.29, 1.82) is 0 Å². The number of hydrogen-bond acceptors (Lipinski definition) is 7. The minimum Gasteiger partial charge on any atom is -0.466 e. The first-order chi connectivity index (χ1) is 15.1. The van der Waals surface area contributed by atoms with Gasteiger partial charge in [0.1, 0.15) is 0 Å². The molecule has 1 N–H and O–H groups in total. The van der Waals surface area contributed by atoms with Crippen molar-refractivity contribution in [3.05, 3.63) is 42.0 Å². The van der Waals surface area contributed by atoms with Gasteiger partial charge >= 0.3 is 17.9 Å². The molecule has 0 spiro atoms. The third kappa shape index (κ3) is 13.2. The van der Waals surface area contributed by atoms with Crippen LogP contribution in [0.25, 0.3) is 0 Å². The van der Waals surface area contributed by atoms with Gasteiger partial charge in [-0.05, 0) is 57.4 Å². The molecule has 0 aliphatic rings. The quantitative estimate of drug-likeness (QED) is 0.175. The van der Waals surface area contributed by atoms with Crippen molar-refractivity contribution in [2.75, 3.05) is 31.7 Å². The van der Waals surface area contributed by atoms with Gasteiger partial charge in [0, 0.05) is 18.7 Å². The highest BCUT2D eigenvalue weighted by atomic mass is 16.6. The number of ether oxygens (including phenoxy) is 3. The number of esters is 3. The molecule has 0 saturated heterocycles. The lowest BCUT2D eigenvalue weighted by molar-refractivity contribution is -0.146. The van der Waals surface area contributed by atoms with Crippen molar-refractivity contribution in [2.45, 2.75) is 58.8 Å². The van der Waals surface area contributed by atoms with Crippen molar-refractivity contribution in [3.8, 4) is 0 Å². The molecule has 0 unspecified atom stereocenters. The van der Waals surface area contributed by atoms with E-state index in [1.54, 1.807) is 31.2 Å². The monoisotopic (exact) mass is 433 g/mol. The second-order valence-electron chi connectivity index (χ2n) is 6.92. The first-order valence-electron chi connectivity index (χ1n) is 11.0. The zero-order valence-electron chi connectivity index (χ0n) is 18.7. The number of rotatable bonds is 16. The Morgan fingerprint density at radius 2 is 1.45 bits per heavy atom. The van der Waals surface area contributed by atoms with Crippen LogP contribution in [0.2, 0.25) is 0 Å². The topological polar surface area (TPSA) is 90.9 Å². The van der Waals surface area contributed by atoms with Gasteiger partial charge in [-0.3, -0.25) is 4.79 Å². The first kappa shape index (κ1) is 26.2. The van der Waals surface area contributed by atoms with E-state index in [0.29, 0.717) is 25.1 Å². The van der Waals surface area contributed by atoms with Crippen molar-refractivity contribution < 1.29 is 28.6 Å². The highest BCUT2D eigenvalue weighted by Gasteiger charge is 2.10. The summed E-state index contributed by atoms with van der Waals surface area (Å²) in [5.41, 5.74) is 1.28. The van der Waals surface area contributed by atoms with E-state index >= 15 is 0 Å². The summed E-state index contributed by atoms with van der Waals surface area (Å²) in [6.45, 7) is 4.55. The average molecular weight is 434 g/mol. The zero-order chi connectivity index (χ0) is 22.7. The largest absolute Gasteiger partial charge is 0.466 e. The summed E-state index contributed by atoms with van der Waals surface area (Å²) in [6, 6.07) is 6.90. The second kappa shape index (κ2) is 16.9. The summed E-state index contributed by atoms with van der Waals surface area (Å²) in [7, 11) is 0. The smallest absolute Gasteiger partial charge is 0.344 e. The summed E-state index contributed by atoms with van der Waals surface area (Å²) in [5, 5.41) is 3.26. The first-order valence-corrected chi connectivity index (χ1v) is 11.0. The van der Waals surface area contributed by atoms with Gasteiger partial charge in [-0.1, -0.05) is 31.4 Å². The normalized spacial score (nSPS) is 10.6. The van der Waals surface area contributed by atoms with Gasteiger partial charge in [0.15, 0.2) is 6.61 Å². The van der Waals surface area contributed by atoms with E-state index in [-0.39, 0.29) is 19.2 Å². The summed E-state index contributed by atoms with van der Waals surface area (Å²) in [5.74, 6) is -1.21. The molecule has 7 heteroatoms. The van der Waals surface area contributed by atoms with Crippen LogP contribution in [-0.2, 0) is 23.8 Å². The second-order valence-corrected chi connectivity index (χ2v) is 6.92. The van der Waals surface area contributed by atoms with Crippen molar-refractivity contribution >= 4 is 23.6 Å². The molecule has 0 bridgehead atoms. The van der Waals surface area contributed by atoms with E-state index in [2.05, 4.69) is 17.5 Å². The standard InChI is InChI=1S/C24H35NO6/c1-3-29-22(26)13-11-9-7-5-6-8-10-12-18-25-21-16-14-20(15-17-21)24(28)31-19-23(27)30-4-2/h10,12,14-17,25H,3-9,11,13,18-19H2,1-2H3. The summed E-state index contributed by atoms with van der Waals surface area (Å²) >= 11 is 0. The fourth-order valence-corrected chi connectivity index (χ4v) is 2.81. The molecular weight excluding hydrogens is 398 g/mol. The van der Waals surface area contributed by atoms with E-state index in [9.17, 15) is 14.4 Å². The predicted octanol–water partition coefficient (Wildman–Crippen LogP) is 4.67. The molecule has 31 heavy (non-hydrogen) atoms. The maximum Gasteiger partial charge on any atom is 0.344 e. The van der Waals surface area contributed by atoms with E-state index in [1.807, 2.05) is 6.92 Å². The number of nitrogens with one attached hydrogen (secondary N) is 1. The molecule has 0 radical (unpaired) electrons. The van der Waals surface area contributed by atoms with Crippen LogP contribution in [0.4, 0.5) is 5.69 Å². The number of carbonyl (C=O) groups excluding carboxylic acids is 3. The number of hydrogen-bond donors (Lipinski definition) is 1. The van der Waals surface area contributed by atoms with Gasteiger partial charge in [-0.25, -0.2) is 9.59 Å². The summed E-state index contributed by atoms with van der Waals surface area (Å²) < 4.78 is 14.5. The third-order valence-corrected chi connectivity index (χ3v) is 4.39. The Kier molecular flexibility index (Phi) is 14.3. The maximum atomic E-state index is 11.9. The number of anilines is 1. The van der Waals surface area contributed by atoms with E-state index in [4.69, 9.17) is 14.2 Å². The number of unbranched alkanes of at least 4 members (excludes halogenated alkanes) is 5. The molecule has 1 rings (SSSR count). The Hall–Kier alpha value is -2.83. The SMILES string of the molecule is CCOC(=O)CCCCCCCC=CCNc1ccc(C(=O)OCC(=O)OCC)cc1. The van der Waals surface area contributed by atoms with E-state index in [1.165, 1.54) is 0 Å². The van der Waals surface area contributed by atoms with Crippen LogP contribution in [-0.4, -0.2) is 44.3 Å². The molecule has 0 aliphatic heterocycles. The minimum atomic E-state index is -0.560. The molecule has 172 valence electrons. The fraction of sp³-hybridized carbons (Fsp3) is 0.542. The van der Waals surface area contributed by atoms with Gasteiger partial charge in [0.05, 0.1) is 18.8 Å². The molecular formula is C24H35NO6. The van der Waals surface area contributed by atoms with Gasteiger partial charge in [-0.15, -0.1) is 0 Å². The van der Waals surface area contributed by atoms with Gasteiger partial charge in [-0.2, -0.15) is 0 Å². The number of allylic oxidation sites excluding steroid dienone is 1. The molecule has 0 amide bonds. The Labute approximate surface area is 185 Å². The average Bonchev–Trinajstić information content (AvgIpc) is 2.76. The molecule has 1 aromatic rings. The van der Waals surface area contributed by atoms with Gasteiger partial charge in [0.25, 0.3) is 0 Å². The zero-order valence-corrected chi connectivity index (χ0v) is 18.7. The molecule has 0 aromatic heterocycles. The van der Waals surface area contributed by atoms with Crippen LogP contribution in [0.5, 0.6) is 0 Å². The molecule has 0 fully saturated rings. The van der Waals surface area contributed by atoms with Crippen LogP contribution in [0.1, 0.15) is 69.2 Å². The van der Waals surface area contributed by atoms with Crippen molar-refractivity contribution in [1.82, 2.24) is 0 Å². The van der Waals surface area contributed by atoms with Gasteiger partial charge < -0.3 is 19.5 Å². The van der Waals surface area contributed by atoms with E-state index < -0.39 is 11.9 Å². The van der Waals surface area contributed by atoms with Crippen molar-refractivity contribution in [3.63, 3.8) is 0 Å². The lowest BCUT2D eigenvalue weighted by atomic mass is 10.1. The van der Waals surface area contributed by atoms with Crippen LogP contribution < -0.4 is 5.32 Å². The Bertz CT molecular complexity index is 684. The summed E-state index contributed by atoms with van der Waals surface area (Å²) in [4.78, 5) is 34.3. The highest BCUT2D eigenvalue weighted by molar-refractivity contribution is 5.91. The van der Waals surface area contributed by atoms with Crippen LogP contribution >= 0.6 is 0 Å². The molecule has 0 saturated carbocycles. The lowest BCUT2D eigenvalue weighted by Gasteiger charge is -2.06. The molecule has 7 nitrogen and oxygen atoms in total. The predicted molar refractivity (Wildman–Crippen MR) is 120 cm³/mol. The highest BCUT2D eigenvalue weighted by Crippen LogP contribution is 2.11. The molecule has 1 aromatic carbocycles. The van der Waals surface area contributed by atoms with Crippen LogP contribution in [0.3, 0.4) is 0 Å². The molecule has 0 atom stereocenters. The molecule has 0 aliphatic carbocycles. The Balaban J connectivity index is 2.10. The Morgan fingerprint density at radius 1 is 0.806 bits per heavy atom. The molecule has 0 heterocycles. The van der Waals surface area contributed by atoms with Crippen LogP contribution in [0.15, 0.2) is 36.4 Å². The van der Waals surface area contributed by atoms with Gasteiger partial charge in [0.2, 0.25) is 0 Å². The third-order valence-electron chi connectivity index (χ3n) is 4.39. The lowest BCUT2D eigenvalue weighted by Crippen LogP contribution is -2.16. The fourth-order valence-electron chi connectivity index (χ4n) is 2.81. The minimum absolute atomic E-state index is 0.0958. The number of carbonyl (C=O) groups is 3. The van der Waals surface area contributed by atoms with Crippen molar-refractivity contribution in [2.24, 2.45) is 0 Å². The Morgan fingerprint density at radius 3 is 2.16 bits per heavy atom. The maximum absolute atomic E-state index is 11.9.